The number of rotatable bonds is 11. The molecule has 0 nitrogen and oxygen atoms in total. The van der Waals surface area contributed by atoms with Crippen molar-refractivity contribution in [1.82, 2.24) is 0 Å². The van der Waals surface area contributed by atoms with E-state index in [-0.39, 0.29) is 0 Å². The maximum Gasteiger partial charge on any atom is 0.118 e. The SMILES string of the molecule is CCC[CH2][Sn]([CH2]CCC)[CH2]CCC.C[Si](c1ccccc1)c1ccccc1. The zero-order valence-corrected chi connectivity index (χ0v) is 22.0. The van der Waals surface area contributed by atoms with Crippen molar-refractivity contribution in [3.8, 4) is 0 Å². The molecule has 0 aliphatic rings. The summed E-state index contributed by atoms with van der Waals surface area (Å²) in [5.41, 5.74) is 0. The van der Waals surface area contributed by atoms with Crippen LogP contribution in [-0.4, -0.2) is 28.6 Å². The molecule has 0 atom stereocenters. The van der Waals surface area contributed by atoms with Crippen molar-refractivity contribution in [2.45, 2.75) is 79.2 Å². The van der Waals surface area contributed by atoms with Crippen LogP contribution < -0.4 is 10.4 Å². The average molecular weight is 487 g/mol. The van der Waals surface area contributed by atoms with Gasteiger partial charge in [-0.15, -0.1) is 0 Å². The standard InChI is InChI=1S/C13H13Si.3C4H9.Sn/c1-14(12-8-4-2-5-9-12)13-10-6-3-7-11-13;3*1-3-4-2;/h2-11H,1H3;3*1,3-4H2,2H3;. The molecule has 27 heavy (non-hydrogen) atoms. The van der Waals surface area contributed by atoms with Gasteiger partial charge < -0.3 is 0 Å². The normalized spacial score (nSPS) is 10.7. The van der Waals surface area contributed by atoms with Gasteiger partial charge in [0.2, 0.25) is 0 Å². The summed E-state index contributed by atoms with van der Waals surface area (Å²) in [7, 11) is -0.545. The Bertz CT molecular complexity index is 497. The third kappa shape index (κ3) is 11.1. The molecule has 2 radical (unpaired) electrons. The van der Waals surface area contributed by atoms with Crippen LogP contribution in [0.1, 0.15) is 59.3 Å². The van der Waals surface area contributed by atoms with Crippen molar-refractivity contribution in [2.24, 2.45) is 0 Å². The largest absolute Gasteiger partial charge is 0.118 e. The van der Waals surface area contributed by atoms with Gasteiger partial charge >= 0.3 is 92.4 Å². The zero-order valence-electron chi connectivity index (χ0n) is 18.1. The monoisotopic (exact) mass is 488 g/mol. The van der Waals surface area contributed by atoms with Gasteiger partial charge in [-0.25, -0.2) is 0 Å². The predicted molar refractivity (Wildman–Crippen MR) is 129 cm³/mol. The molecule has 0 aromatic heterocycles. The van der Waals surface area contributed by atoms with Crippen molar-refractivity contribution in [2.75, 3.05) is 0 Å². The molecule has 2 aromatic carbocycles. The maximum atomic E-state index is 2.34. The Labute approximate surface area is 178 Å². The first-order chi connectivity index (χ1) is 13.2. The van der Waals surface area contributed by atoms with E-state index in [1.54, 1.807) is 13.3 Å². The second-order valence-corrected chi connectivity index (χ2v) is 18.4. The first-order valence-electron chi connectivity index (χ1n) is 11.0. The van der Waals surface area contributed by atoms with Crippen LogP contribution in [-0.2, 0) is 0 Å². The van der Waals surface area contributed by atoms with Crippen LogP contribution in [0.5, 0.6) is 0 Å². The van der Waals surface area contributed by atoms with Crippen molar-refractivity contribution >= 4 is 38.9 Å². The first-order valence-corrected chi connectivity index (χ1v) is 19.1. The predicted octanol–water partition coefficient (Wildman–Crippen LogP) is 6.81. The Hall–Kier alpha value is -0.544. The molecule has 0 unspecified atom stereocenters. The van der Waals surface area contributed by atoms with E-state index >= 15 is 0 Å². The quantitative estimate of drug-likeness (QED) is 0.306. The fourth-order valence-electron chi connectivity index (χ4n) is 3.20. The molecule has 0 saturated heterocycles. The van der Waals surface area contributed by atoms with E-state index in [1.807, 2.05) is 0 Å². The minimum absolute atomic E-state index is 0.545. The summed E-state index contributed by atoms with van der Waals surface area (Å²) in [5, 5.41) is 2.95. The molecule has 0 heterocycles. The fourth-order valence-corrected chi connectivity index (χ4v) is 14.4. The summed E-state index contributed by atoms with van der Waals surface area (Å²) < 4.78 is 5.04. The Morgan fingerprint density at radius 1 is 0.593 bits per heavy atom. The Morgan fingerprint density at radius 3 is 1.22 bits per heavy atom. The van der Waals surface area contributed by atoms with E-state index in [0.29, 0.717) is 0 Å². The van der Waals surface area contributed by atoms with Gasteiger partial charge in [-0.05, 0) is 0 Å². The van der Waals surface area contributed by atoms with Gasteiger partial charge in [-0.2, -0.15) is 0 Å². The molecule has 0 fully saturated rings. The van der Waals surface area contributed by atoms with Gasteiger partial charge in [0.15, 0.2) is 0 Å². The average Bonchev–Trinajstić information content (AvgIpc) is 2.74. The number of benzene rings is 2. The second kappa shape index (κ2) is 16.4. The van der Waals surface area contributed by atoms with E-state index in [9.17, 15) is 0 Å². The molecule has 2 rings (SSSR count). The van der Waals surface area contributed by atoms with Crippen LogP contribution in [0.4, 0.5) is 0 Å². The molecular formula is C25H40SiSn. The number of unbranched alkanes of at least 4 members (excludes halogenated alkanes) is 3. The van der Waals surface area contributed by atoms with Crippen molar-refractivity contribution < 1.29 is 0 Å². The molecule has 0 saturated carbocycles. The van der Waals surface area contributed by atoms with Crippen molar-refractivity contribution in [3.63, 3.8) is 0 Å². The van der Waals surface area contributed by atoms with Crippen LogP contribution in [0.15, 0.2) is 60.7 Å². The first kappa shape index (κ1) is 24.5. The Balaban J connectivity index is 0.000000271. The van der Waals surface area contributed by atoms with Crippen LogP contribution in [0.3, 0.4) is 0 Å². The summed E-state index contributed by atoms with van der Waals surface area (Å²) in [5.74, 6) is 0. The topological polar surface area (TPSA) is 0 Å². The summed E-state index contributed by atoms with van der Waals surface area (Å²) in [6, 6.07) is 21.5. The fraction of sp³-hybridized carbons (Fsp3) is 0.520. The minimum Gasteiger partial charge on any atom is -0.0628 e. The smallest absolute Gasteiger partial charge is 0.0628 e. The molecule has 2 aromatic rings. The van der Waals surface area contributed by atoms with E-state index in [0.717, 1.165) is 0 Å². The van der Waals surface area contributed by atoms with Gasteiger partial charge in [-0.1, -0.05) is 77.6 Å². The minimum atomic E-state index is -0.839. The van der Waals surface area contributed by atoms with Crippen molar-refractivity contribution in [1.29, 1.82) is 0 Å². The Kier molecular flexibility index (Phi) is 14.9. The molecule has 0 aliphatic heterocycles. The van der Waals surface area contributed by atoms with Gasteiger partial charge in [-0.3, -0.25) is 0 Å². The van der Waals surface area contributed by atoms with Gasteiger partial charge in [0.1, 0.15) is 8.80 Å². The summed E-state index contributed by atoms with van der Waals surface area (Å²) in [4.78, 5) is 0. The van der Waals surface area contributed by atoms with Crippen molar-refractivity contribution in [3.05, 3.63) is 60.7 Å². The zero-order chi connectivity index (χ0) is 19.7. The molecule has 148 valence electrons. The number of hydrogen-bond donors (Lipinski definition) is 0. The molecule has 2 heteroatoms. The molecule has 0 amide bonds. The van der Waals surface area contributed by atoms with Gasteiger partial charge in [0.25, 0.3) is 0 Å². The summed E-state index contributed by atoms with van der Waals surface area (Å²) >= 11 is -0.839. The molecule has 0 bridgehead atoms. The van der Waals surface area contributed by atoms with Crippen LogP contribution in [0.25, 0.3) is 0 Å². The third-order valence-electron chi connectivity index (χ3n) is 5.07. The van der Waals surface area contributed by atoms with Crippen LogP contribution in [0, 0.1) is 0 Å². The maximum absolute atomic E-state index is 2.34. The number of hydrogen-bond acceptors (Lipinski definition) is 0. The molecule has 0 spiro atoms. The van der Waals surface area contributed by atoms with E-state index in [2.05, 4.69) is 88.0 Å². The van der Waals surface area contributed by atoms with Crippen LogP contribution in [0.2, 0.25) is 19.9 Å². The van der Waals surface area contributed by atoms with Crippen LogP contribution >= 0.6 is 0 Å². The summed E-state index contributed by atoms with van der Waals surface area (Å²) in [6.07, 6.45) is 8.85. The van der Waals surface area contributed by atoms with Gasteiger partial charge in [0, 0.05) is 0 Å². The molecule has 0 aliphatic carbocycles. The second-order valence-electron chi connectivity index (χ2n) is 7.42. The van der Waals surface area contributed by atoms with E-state index in [1.165, 1.54) is 48.9 Å². The summed E-state index contributed by atoms with van der Waals surface area (Å²) in [6.45, 7) is 9.34. The third-order valence-corrected chi connectivity index (χ3v) is 16.5. The van der Waals surface area contributed by atoms with Gasteiger partial charge in [0.05, 0.1) is 0 Å². The van der Waals surface area contributed by atoms with E-state index in [4.69, 9.17) is 0 Å². The van der Waals surface area contributed by atoms with E-state index < -0.39 is 28.6 Å². The molecule has 0 N–H and O–H groups in total. The molecular weight excluding hydrogens is 447 g/mol. The Morgan fingerprint density at radius 2 is 0.926 bits per heavy atom.